The first-order chi connectivity index (χ1) is 29.1. The number of hydrogen-bond acceptors (Lipinski definition) is 10. The summed E-state index contributed by atoms with van der Waals surface area (Å²) >= 11 is 0. The molecule has 11 nitrogen and oxygen atoms in total. The number of carboxylic acid groups (broad SMARTS) is 2. The van der Waals surface area contributed by atoms with Gasteiger partial charge in [-0.15, -0.1) is 0 Å². The van der Waals surface area contributed by atoms with Gasteiger partial charge < -0.3 is 40.2 Å². The van der Waals surface area contributed by atoms with Gasteiger partial charge in [0.1, 0.15) is 12.2 Å². The van der Waals surface area contributed by atoms with E-state index < -0.39 is 36.4 Å². The number of esters is 2. The van der Waals surface area contributed by atoms with Crippen LogP contribution in [0.5, 0.6) is 0 Å². The number of hydrogen-bond donors (Lipinski definition) is 3. The van der Waals surface area contributed by atoms with Crippen LogP contribution in [-0.2, 0) is 19.1 Å². The Morgan fingerprint density at radius 1 is 0.476 bits per heavy atom. The smallest absolute Gasteiger partial charge is 0.870 e. The normalized spacial score (nSPS) is 12.4. The van der Waals surface area contributed by atoms with Crippen molar-refractivity contribution in [1.82, 2.24) is 0 Å². The molecule has 0 bridgehead atoms. The number of carboxylic acids is 2. The standard InChI is InChI=1S/2C25H40O5.2Li.H2O/c1-2-3-11-19-23(30-25(29)21-16-12-10-13-17-21)22(26)18-14-8-6-4-5-7-9-15-20-24(27)28;1-2-3-4-5-8-14-19-23(30-25(29)21-16-11-10-12-17-21)22(26)18-13-7-6-9-15-20-24(27)28;;;/h10,12-13,16-17,22-23,26H,2-9,11,14-15,18-20H2,1H3,(H,27,28);10-12,16-17,22-23,26H,2-9,13-15,18-20H2,1H3,(H,27,28);;;1H2/q;;2*+1;/p-2. The number of aliphatic hydroxyl groups excluding tert-OH is 2. The molecule has 2 rings (SSSR count). The molecule has 0 fully saturated rings. The van der Waals surface area contributed by atoms with E-state index in [4.69, 9.17) is 14.6 Å². The Balaban J connectivity index is -0.00000109. The number of carbonyl (C=O) groups is 4. The van der Waals surface area contributed by atoms with Crippen molar-refractivity contribution in [1.29, 1.82) is 0 Å². The zero-order valence-corrected chi connectivity index (χ0v) is 39.5. The molecule has 4 N–H and O–H groups in total. The Hall–Kier alpha value is -2.61. The van der Waals surface area contributed by atoms with Crippen molar-refractivity contribution < 1.29 is 92.3 Å². The molecule has 0 amide bonds. The predicted octanol–water partition coefficient (Wildman–Crippen LogP) is 4.77. The third-order valence-electron chi connectivity index (χ3n) is 10.8. The Kier molecular flexibility index (Phi) is 45.8. The van der Waals surface area contributed by atoms with Gasteiger partial charge in [-0.3, -0.25) is 4.79 Å². The number of unbranched alkanes of at least 4 members (excludes halogenated alkanes) is 18. The summed E-state index contributed by atoms with van der Waals surface area (Å²) in [5.41, 5.74) is 1.03. The molecule has 0 aliphatic heterocycles. The van der Waals surface area contributed by atoms with E-state index in [0.717, 1.165) is 103 Å². The van der Waals surface area contributed by atoms with Crippen molar-refractivity contribution in [2.45, 2.75) is 218 Å². The molecule has 2 aromatic carbocycles. The zero-order chi connectivity index (χ0) is 44.1. The average molecular weight is 871 g/mol. The van der Waals surface area contributed by atoms with Crippen molar-refractivity contribution in [3.8, 4) is 0 Å². The third kappa shape index (κ3) is 36.3. The Labute approximate surface area is 403 Å². The van der Waals surface area contributed by atoms with E-state index in [1.807, 2.05) is 24.3 Å². The Bertz CT molecular complexity index is 1370. The minimum Gasteiger partial charge on any atom is -0.870 e. The molecule has 0 saturated carbocycles. The molecule has 0 spiro atoms. The van der Waals surface area contributed by atoms with Gasteiger partial charge in [-0.25, -0.2) is 9.59 Å². The molecule has 2 aromatic rings. The topological polar surface area (TPSA) is 200 Å². The van der Waals surface area contributed by atoms with Crippen LogP contribution >= 0.6 is 0 Å². The minimum absolute atomic E-state index is 0. The fraction of sp³-hybridized carbons (Fsp3) is 0.680. The second kappa shape index (κ2) is 44.6. The van der Waals surface area contributed by atoms with Crippen LogP contribution in [0.25, 0.3) is 0 Å². The van der Waals surface area contributed by atoms with Crippen LogP contribution in [0.15, 0.2) is 60.7 Å². The molecule has 0 aromatic heterocycles. The number of benzene rings is 2. The monoisotopic (exact) mass is 871 g/mol. The van der Waals surface area contributed by atoms with Crippen molar-refractivity contribution in [3.63, 3.8) is 0 Å². The second-order valence-corrected chi connectivity index (χ2v) is 16.2. The fourth-order valence-corrected chi connectivity index (χ4v) is 7.16. The van der Waals surface area contributed by atoms with Crippen LogP contribution in [-0.4, -0.2) is 69.1 Å². The molecule has 0 aliphatic rings. The van der Waals surface area contributed by atoms with Gasteiger partial charge in [0, 0.05) is 12.4 Å². The van der Waals surface area contributed by atoms with Crippen LogP contribution in [0.1, 0.15) is 214 Å². The Morgan fingerprint density at radius 2 is 0.778 bits per heavy atom. The van der Waals surface area contributed by atoms with Gasteiger partial charge >= 0.3 is 55.6 Å². The number of carbonyl (C=O) groups excluding carboxylic acids is 3. The van der Waals surface area contributed by atoms with Crippen LogP contribution in [0.3, 0.4) is 0 Å². The van der Waals surface area contributed by atoms with Gasteiger partial charge in [-0.1, -0.05) is 166 Å². The molecule has 0 saturated heterocycles. The molecule has 348 valence electrons. The van der Waals surface area contributed by atoms with Gasteiger partial charge in [0.2, 0.25) is 0 Å². The first kappa shape index (κ1) is 64.7. The van der Waals surface area contributed by atoms with Crippen LogP contribution in [0, 0.1) is 0 Å². The molecular weight excluding hydrogens is 790 g/mol. The number of aliphatic carboxylic acids is 2. The molecule has 13 heteroatoms. The van der Waals surface area contributed by atoms with E-state index in [0.29, 0.717) is 49.7 Å². The van der Waals surface area contributed by atoms with E-state index >= 15 is 0 Å². The second-order valence-electron chi connectivity index (χ2n) is 16.2. The van der Waals surface area contributed by atoms with E-state index in [1.54, 1.807) is 36.4 Å². The van der Waals surface area contributed by atoms with Gasteiger partial charge in [0.15, 0.2) is 0 Å². The quantitative estimate of drug-likeness (QED) is 0.0484. The van der Waals surface area contributed by atoms with E-state index in [9.17, 15) is 34.5 Å². The van der Waals surface area contributed by atoms with Crippen molar-refractivity contribution >= 4 is 23.9 Å². The fourth-order valence-electron chi connectivity index (χ4n) is 7.16. The number of ether oxygens (including phenoxy) is 2. The Morgan fingerprint density at radius 3 is 1.14 bits per heavy atom. The molecule has 0 heterocycles. The van der Waals surface area contributed by atoms with E-state index in [-0.39, 0.29) is 68.0 Å². The third-order valence-corrected chi connectivity index (χ3v) is 10.8. The van der Waals surface area contributed by atoms with Gasteiger partial charge in [0.25, 0.3) is 0 Å². The summed E-state index contributed by atoms with van der Waals surface area (Å²) in [6.45, 7) is 4.33. The summed E-state index contributed by atoms with van der Waals surface area (Å²) in [5.74, 6) is -2.45. The zero-order valence-electron chi connectivity index (χ0n) is 39.5. The molecule has 4 atom stereocenters. The van der Waals surface area contributed by atoms with E-state index in [1.165, 1.54) is 25.7 Å². The number of rotatable bonds is 36. The maximum Gasteiger partial charge on any atom is 1.00 e. The van der Waals surface area contributed by atoms with Crippen molar-refractivity contribution in [2.24, 2.45) is 0 Å². The first-order valence-corrected chi connectivity index (χ1v) is 23.4. The van der Waals surface area contributed by atoms with Crippen LogP contribution < -0.4 is 42.8 Å². The van der Waals surface area contributed by atoms with Gasteiger partial charge in [-0.2, -0.15) is 0 Å². The summed E-state index contributed by atoms with van der Waals surface area (Å²) in [7, 11) is 0. The maximum atomic E-state index is 12.5. The predicted molar refractivity (Wildman–Crippen MR) is 239 cm³/mol. The first-order valence-electron chi connectivity index (χ1n) is 23.4. The van der Waals surface area contributed by atoms with Gasteiger partial charge in [-0.05, 0) is 82.1 Å². The van der Waals surface area contributed by atoms with Crippen molar-refractivity contribution in [2.75, 3.05) is 0 Å². The molecule has 0 aliphatic carbocycles. The summed E-state index contributed by atoms with van der Waals surface area (Å²) < 4.78 is 11.4. The van der Waals surface area contributed by atoms with Crippen LogP contribution in [0.2, 0.25) is 0 Å². The molecular formula is C50H80Li2O11. The summed E-state index contributed by atoms with van der Waals surface area (Å²) in [6.07, 6.45) is 23.2. The molecule has 0 radical (unpaired) electrons. The van der Waals surface area contributed by atoms with Gasteiger partial charge in [0.05, 0.1) is 23.3 Å². The largest absolute Gasteiger partial charge is 1.00 e. The molecule has 63 heavy (non-hydrogen) atoms. The average Bonchev–Trinajstić information content (AvgIpc) is 3.24. The summed E-state index contributed by atoms with van der Waals surface area (Å²) in [5, 5.41) is 40.3. The maximum absolute atomic E-state index is 12.5. The van der Waals surface area contributed by atoms with E-state index in [2.05, 4.69) is 13.8 Å². The summed E-state index contributed by atoms with van der Waals surface area (Å²) in [6, 6.07) is 17.9. The SMILES string of the molecule is CCCCCC(OC(=O)c1ccccc1)C(O)CCCCCCCCCCC(=O)[O-].CCCCCCCCC(OC(=O)c1ccccc1)C(O)CCCCCCCC(=O)O.[Li+].[Li+].[OH-]. The van der Waals surface area contributed by atoms with Crippen molar-refractivity contribution in [3.05, 3.63) is 71.8 Å². The van der Waals surface area contributed by atoms with Crippen LogP contribution in [0.4, 0.5) is 0 Å². The molecule has 4 unspecified atom stereocenters. The summed E-state index contributed by atoms with van der Waals surface area (Å²) in [4.78, 5) is 45.7. The minimum atomic E-state index is -0.962. The number of aliphatic hydroxyl groups is 2.